The van der Waals surface area contributed by atoms with Crippen LogP contribution in [0.5, 0.6) is 0 Å². The van der Waals surface area contributed by atoms with E-state index in [-0.39, 0.29) is 54.4 Å². The van der Waals surface area contributed by atoms with E-state index in [1.54, 1.807) is 18.2 Å². The van der Waals surface area contributed by atoms with Gasteiger partial charge in [0.15, 0.2) is 0 Å². The SMILES string of the molecule is CCCc1ccc2c(F)c(-c3ccc(COC4CCC(C(F)(F)OC(F)(F)F)CC4)c(F)c3)c(F)cc2c1. The topological polar surface area (TPSA) is 18.5 Å². The minimum absolute atomic E-state index is 0.00758. The summed E-state index contributed by atoms with van der Waals surface area (Å²) in [5, 5.41) is 0.633. The lowest BCUT2D eigenvalue weighted by atomic mass is 9.86. The largest absolute Gasteiger partial charge is 0.527 e. The van der Waals surface area contributed by atoms with Gasteiger partial charge in [0.25, 0.3) is 0 Å². The van der Waals surface area contributed by atoms with E-state index in [1.165, 1.54) is 18.2 Å². The average Bonchev–Trinajstić information content (AvgIpc) is 2.82. The molecule has 0 heterocycles. The molecule has 10 heteroatoms. The Balaban J connectivity index is 1.42. The lowest BCUT2D eigenvalue weighted by Crippen LogP contribution is -2.39. The molecule has 0 spiro atoms. The van der Waals surface area contributed by atoms with E-state index in [2.05, 4.69) is 4.74 Å². The van der Waals surface area contributed by atoms with Gasteiger partial charge in [-0.05, 0) is 60.7 Å². The first-order chi connectivity index (χ1) is 17.9. The van der Waals surface area contributed by atoms with Gasteiger partial charge in [0.2, 0.25) is 0 Å². The second-order valence-corrected chi connectivity index (χ2v) is 9.55. The van der Waals surface area contributed by atoms with Crippen LogP contribution in [0.3, 0.4) is 0 Å². The van der Waals surface area contributed by atoms with Crippen molar-refractivity contribution in [3.63, 3.8) is 0 Å². The smallest absolute Gasteiger partial charge is 0.373 e. The van der Waals surface area contributed by atoms with Crippen LogP contribution in [-0.4, -0.2) is 18.6 Å². The van der Waals surface area contributed by atoms with Gasteiger partial charge in [-0.25, -0.2) is 17.9 Å². The van der Waals surface area contributed by atoms with Crippen LogP contribution in [0.1, 0.15) is 50.2 Å². The Labute approximate surface area is 214 Å². The number of benzene rings is 3. The molecule has 4 rings (SSSR count). The second kappa shape index (κ2) is 11.2. The lowest BCUT2D eigenvalue weighted by Gasteiger charge is -2.33. The number of ether oxygens (including phenoxy) is 2. The molecule has 1 aliphatic carbocycles. The molecule has 1 aliphatic rings. The van der Waals surface area contributed by atoms with E-state index in [0.717, 1.165) is 24.5 Å². The van der Waals surface area contributed by atoms with Gasteiger partial charge in [-0.1, -0.05) is 43.7 Å². The summed E-state index contributed by atoms with van der Waals surface area (Å²) in [7, 11) is 0. The van der Waals surface area contributed by atoms with Crippen LogP contribution in [-0.2, 0) is 22.5 Å². The summed E-state index contributed by atoms with van der Waals surface area (Å²) < 4.78 is 118. The average molecular weight is 546 g/mol. The summed E-state index contributed by atoms with van der Waals surface area (Å²) in [6.07, 6.45) is -9.09. The molecule has 0 aliphatic heterocycles. The Morgan fingerprint density at radius 3 is 2.18 bits per heavy atom. The molecular weight excluding hydrogens is 520 g/mol. The highest BCUT2D eigenvalue weighted by Crippen LogP contribution is 2.42. The zero-order chi connectivity index (χ0) is 27.7. The Morgan fingerprint density at radius 1 is 0.842 bits per heavy atom. The number of alkyl halides is 5. The van der Waals surface area contributed by atoms with Crippen molar-refractivity contribution in [1.82, 2.24) is 0 Å². The third-order valence-electron chi connectivity index (χ3n) is 6.85. The maximum absolute atomic E-state index is 15.3. The number of aryl methyl sites for hydroxylation is 1. The molecule has 0 bridgehead atoms. The highest BCUT2D eigenvalue weighted by atomic mass is 19.4. The van der Waals surface area contributed by atoms with E-state index in [0.29, 0.717) is 5.39 Å². The minimum atomic E-state index is -5.45. The van der Waals surface area contributed by atoms with Crippen LogP contribution in [0.15, 0.2) is 42.5 Å². The van der Waals surface area contributed by atoms with Gasteiger partial charge in [0.05, 0.1) is 24.2 Å². The molecule has 3 aromatic carbocycles. The quantitative estimate of drug-likeness (QED) is 0.263. The van der Waals surface area contributed by atoms with Crippen LogP contribution in [0.25, 0.3) is 21.9 Å². The lowest BCUT2D eigenvalue weighted by molar-refractivity contribution is -0.439. The minimum Gasteiger partial charge on any atom is -0.373 e. The summed E-state index contributed by atoms with van der Waals surface area (Å²) in [5.74, 6) is -3.99. The molecule has 0 amide bonds. The first-order valence-corrected chi connectivity index (χ1v) is 12.3. The van der Waals surface area contributed by atoms with Gasteiger partial charge in [-0.2, -0.15) is 8.78 Å². The standard InChI is InChI=1S/C28H26F8O2/c1-2-3-16-4-11-22-19(12-16)14-24(30)25(26(22)31)17-5-6-18(23(29)13-17)15-37-21-9-7-20(8-10-21)27(32,33)38-28(34,35)36/h4-6,11-14,20-21H,2-3,7-10,15H2,1H3. The molecule has 1 saturated carbocycles. The number of hydrogen-bond acceptors (Lipinski definition) is 2. The first kappa shape index (κ1) is 28.3. The highest BCUT2D eigenvalue weighted by molar-refractivity contribution is 5.89. The molecule has 38 heavy (non-hydrogen) atoms. The predicted molar refractivity (Wildman–Crippen MR) is 126 cm³/mol. The zero-order valence-electron chi connectivity index (χ0n) is 20.5. The molecule has 206 valence electrons. The van der Waals surface area contributed by atoms with Gasteiger partial charge >= 0.3 is 12.5 Å². The van der Waals surface area contributed by atoms with Crippen LogP contribution < -0.4 is 0 Å². The molecule has 0 atom stereocenters. The summed E-state index contributed by atoms with van der Waals surface area (Å²) in [5.41, 5.74) is 0.701. The number of halogens is 8. The van der Waals surface area contributed by atoms with Crippen LogP contribution >= 0.6 is 0 Å². The molecule has 1 fully saturated rings. The molecule has 0 radical (unpaired) electrons. The number of rotatable bonds is 8. The molecule has 3 aromatic rings. The fraction of sp³-hybridized carbons (Fsp3) is 0.429. The van der Waals surface area contributed by atoms with Crippen molar-refractivity contribution in [2.24, 2.45) is 5.92 Å². The summed E-state index contributed by atoms with van der Waals surface area (Å²) in [6, 6.07) is 10.0. The Hall–Kier alpha value is -2.72. The van der Waals surface area contributed by atoms with Crippen molar-refractivity contribution < 1.29 is 44.6 Å². The Morgan fingerprint density at radius 2 is 1.55 bits per heavy atom. The van der Waals surface area contributed by atoms with Crippen molar-refractivity contribution in [2.45, 2.75) is 70.6 Å². The fourth-order valence-electron chi connectivity index (χ4n) is 4.92. The molecule has 0 aromatic heterocycles. The van der Waals surface area contributed by atoms with Crippen molar-refractivity contribution >= 4 is 10.8 Å². The molecular formula is C28H26F8O2. The molecule has 2 nitrogen and oxygen atoms in total. The van der Waals surface area contributed by atoms with E-state index >= 15 is 4.39 Å². The van der Waals surface area contributed by atoms with Crippen LogP contribution in [0.4, 0.5) is 35.1 Å². The van der Waals surface area contributed by atoms with E-state index in [9.17, 15) is 30.7 Å². The van der Waals surface area contributed by atoms with Crippen molar-refractivity contribution in [3.05, 3.63) is 71.0 Å². The van der Waals surface area contributed by atoms with Gasteiger partial charge in [0.1, 0.15) is 17.5 Å². The normalized spacial score (nSPS) is 18.8. The first-order valence-electron chi connectivity index (χ1n) is 12.3. The van der Waals surface area contributed by atoms with Crippen molar-refractivity contribution in [2.75, 3.05) is 0 Å². The van der Waals surface area contributed by atoms with Gasteiger partial charge in [-0.15, -0.1) is 13.2 Å². The molecule has 0 unspecified atom stereocenters. The summed E-state index contributed by atoms with van der Waals surface area (Å²) in [6.45, 7) is 1.77. The van der Waals surface area contributed by atoms with Gasteiger partial charge < -0.3 is 4.74 Å². The molecule has 0 saturated heterocycles. The number of hydrogen-bond donors (Lipinski definition) is 0. The monoisotopic (exact) mass is 546 g/mol. The third-order valence-corrected chi connectivity index (χ3v) is 6.85. The third kappa shape index (κ3) is 6.46. The second-order valence-electron chi connectivity index (χ2n) is 9.55. The fourth-order valence-corrected chi connectivity index (χ4v) is 4.92. The highest BCUT2D eigenvalue weighted by Gasteiger charge is 2.51. The van der Waals surface area contributed by atoms with Crippen LogP contribution in [0, 0.1) is 23.4 Å². The van der Waals surface area contributed by atoms with Crippen LogP contribution in [0.2, 0.25) is 0 Å². The van der Waals surface area contributed by atoms with Gasteiger partial charge in [0, 0.05) is 10.9 Å². The Bertz CT molecular complexity index is 1280. The van der Waals surface area contributed by atoms with Crippen molar-refractivity contribution in [1.29, 1.82) is 0 Å². The summed E-state index contributed by atoms with van der Waals surface area (Å²) >= 11 is 0. The summed E-state index contributed by atoms with van der Waals surface area (Å²) in [4.78, 5) is 0. The van der Waals surface area contributed by atoms with Gasteiger partial charge in [-0.3, -0.25) is 0 Å². The molecule has 0 N–H and O–H groups in total. The number of fused-ring (bicyclic) bond motifs is 1. The zero-order valence-corrected chi connectivity index (χ0v) is 20.5. The Kier molecular flexibility index (Phi) is 8.32. The van der Waals surface area contributed by atoms with Crippen molar-refractivity contribution in [3.8, 4) is 11.1 Å². The van der Waals surface area contributed by atoms with E-state index in [1.807, 2.05) is 6.92 Å². The predicted octanol–water partition coefficient (Wildman–Crippen LogP) is 9.08. The van der Waals surface area contributed by atoms with E-state index in [4.69, 9.17) is 4.74 Å². The maximum atomic E-state index is 15.3. The maximum Gasteiger partial charge on any atom is 0.527 e. The van der Waals surface area contributed by atoms with E-state index < -0.39 is 41.9 Å².